The summed E-state index contributed by atoms with van der Waals surface area (Å²) in [6.45, 7) is 8.67. The van der Waals surface area contributed by atoms with Gasteiger partial charge in [-0.2, -0.15) is 0 Å². The minimum absolute atomic E-state index is 0.161. The lowest BCUT2D eigenvalue weighted by molar-refractivity contribution is -0.148. The van der Waals surface area contributed by atoms with E-state index in [9.17, 15) is 19.5 Å². The summed E-state index contributed by atoms with van der Waals surface area (Å²) in [5.41, 5.74) is 2.40. The van der Waals surface area contributed by atoms with Gasteiger partial charge in [-0.25, -0.2) is 9.59 Å². The number of hydrogen-bond donors (Lipinski definition) is 1. The van der Waals surface area contributed by atoms with E-state index >= 15 is 0 Å². The number of ether oxygens (including phenoxy) is 2. The Labute approximate surface area is 151 Å². The maximum atomic E-state index is 12.5. The van der Waals surface area contributed by atoms with Crippen molar-refractivity contribution in [2.75, 3.05) is 6.61 Å². The van der Waals surface area contributed by atoms with Gasteiger partial charge in [-0.15, -0.1) is 0 Å². The van der Waals surface area contributed by atoms with Gasteiger partial charge in [0.15, 0.2) is 5.78 Å². The summed E-state index contributed by atoms with van der Waals surface area (Å²) < 4.78 is 11.2. The molecule has 0 aromatic heterocycles. The molecule has 2 aliphatic carbocycles. The number of allylic oxidation sites excluding steroid dienone is 2. The number of esters is 2. The molecule has 0 aromatic rings. The van der Waals surface area contributed by atoms with Crippen LogP contribution in [0.4, 0.5) is 0 Å². The first-order valence-corrected chi connectivity index (χ1v) is 8.59. The molecule has 4 atom stereocenters. The number of ketones is 1. The summed E-state index contributed by atoms with van der Waals surface area (Å²) >= 11 is 0. The maximum absolute atomic E-state index is 12.5. The second-order valence-corrected chi connectivity index (χ2v) is 6.95. The molecule has 1 aliphatic heterocycles. The molecule has 0 radical (unpaired) electrons. The van der Waals surface area contributed by atoms with Crippen molar-refractivity contribution < 1.29 is 29.0 Å². The molecule has 26 heavy (non-hydrogen) atoms. The average Bonchev–Trinajstić information content (AvgIpc) is 3.00. The molecular formula is C20H22O6. The third-order valence-electron chi connectivity index (χ3n) is 5.45. The van der Waals surface area contributed by atoms with Crippen LogP contribution in [0.25, 0.3) is 0 Å². The summed E-state index contributed by atoms with van der Waals surface area (Å²) in [5.74, 6) is -2.24. The molecule has 0 aromatic carbocycles. The van der Waals surface area contributed by atoms with Crippen molar-refractivity contribution in [1.29, 1.82) is 0 Å². The lowest BCUT2D eigenvalue weighted by atomic mass is 9.82. The van der Waals surface area contributed by atoms with Crippen molar-refractivity contribution >= 4 is 17.7 Å². The lowest BCUT2D eigenvalue weighted by Gasteiger charge is -2.28. The second kappa shape index (κ2) is 6.68. The van der Waals surface area contributed by atoms with Gasteiger partial charge in [0.25, 0.3) is 0 Å². The van der Waals surface area contributed by atoms with Crippen LogP contribution in [-0.4, -0.2) is 41.6 Å². The predicted molar refractivity (Wildman–Crippen MR) is 92.8 cm³/mol. The quantitative estimate of drug-likeness (QED) is 0.611. The van der Waals surface area contributed by atoms with Gasteiger partial charge in [-0.3, -0.25) is 4.79 Å². The van der Waals surface area contributed by atoms with Gasteiger partial charge >= 0.3 is 11.9 Å². The summed E-state index contributed by atoms with van der Waals surface area (Å²) in [7, 11) is 0. The van der Waals surface area contributed by atoms with Crippen molar-refractivity contribution in [3.8, 4) is 0 Å². The van der Waals surface area contributed by atoms with E-state index in [1.165, 1.54) is 6.08 Å². The molecule has 138 valence electrons. The number of aliphatic hydroxyl groups excluding tert-OH is 1. The van der Waals surface area contributed by atoms with Crippen LogP contribution >= 0.6 is 0 Å². The number of aliphatic hydroxyl groups is 1. The Hall–Kier alpha value is -2.47. The van der Waals surface area contributed by atoms with Crippen molar-refractivity contribution in [2.24, 2.45) is 11.8 Å². The highest BCUT2D eigenvalue weighted by molar-refractivity contribution is 6.09. The third-order valence-corrected chi connectivity index (χ3v) is 5.45. The molecular weight excluding hydrogens is 336 g/mol. The van der Waals surface area contributed by atoms with Crippen molar-refractivity contribution in [1.82, 2.24) is 0 Å². The highest BCUT2D eigenvalue weighted by Gasteiger charge is 2.54. The zero-order chi connectivity index (χ0) is 19.2. The molecule has 0 amide bonds. The van der Waals surface area contributed by atoms with E-state index in [1.807, 2.05) is 0 Å². The van der Waals surface area contributed by atoms with Crippen molar-refractivity contribution in [3.63, 3.8) is 0 Å². The molecule has 0 spiro atoms. The van der Waals surface area contributed by atoms with E-state index in [4.69, 9.17) is 9.47 Å². The van der Waals surface area contributed by atoms with Crippen LogP contribution < -0.4 is 0 Å². The number of carbonyl (C=O) groups is 3. The standard InChI is InChI=1S/C20H22O6/c1-5-9(2)19(23)25-14-7-12(8-21)17-13(22)6-10(3)15(17)18-16(14)11(4)20(24)26-18/h5-6,14-16,18,21H,4,7-8H2,1-3H3/b9-5+/t14-,15+,16-,18-/m1/s1. The maximum Gasteiger partial charge on any atom is 0.334 e. The van der Waals surface area contributed by atoms with Gasteiger partial charge in [-0.1, -0.05) is 18.2 Å². The normalized spacial score (nSPS) is 31.3. The fourth-order valence-electron chi connectivity index (χ4n) is 3.98. The van der Waals surface area contributed by atoms with Gasteiger partial charge in [0, 0.05) is 29.1 Å². The van der Waals surface area contributed by atoms with Crippen molar-refractivity contribution in [3.05, 3.63) is 46.6 Å². The third kappa shape index (κ3) is 2.74. The van der Waals surface area contributed by atoms with E-state index in [2.05, 4.69) is 6.58 Å². The Morgan fingerprint density at radius 2 is 2.15 bits per heavy atom. The van der Waals surface area contributed by atoms with Crippen LogP contribution in [0.5, 0.6) is 0 Å². The molecule has 1 N–H and O–H groups in total. The first-order valence-electron chi connectivity index (χ1n) is 8.59. The summed E-state index contributed by atoms with van der Waals surface area (Å²) in [6, 6.07) is 0. The monoisotopic (exact) mass is 358 g/mol. The highest BCUT2D eigenvalue weighted by atomic mass is 16.6. The molecule has 0 saturated carbocycles. The molecule has 6 heteroatoms. The van der Waals surface area contributed by atoms with Gasteiger partial charge in [0.2, 0.25) is 0 Å². The summed E-state index contributed by atoms with van der Waals surface area (Å²) in [4.78, 5) is 36.9. The second-order valence-electron chi connectivity index (χ2n) is 6.95. The molecule has 6 nitrogen and oxygen atoms in total. The molecule has 1 saturated heterocycles. The van der Waals surface area contributed by atoms with E-state index in [1.54, 1.807) is 26.8 Å². The van der Waals surface area contributed by atoms with Crippen LogP contribution in [0.3, 0.4) is 0 Å². The minimum atomic E-state index is -0.734. The Bertz CT molecular complexity index is 797. The molecule has 3 aliphatic rings. The molecule has 0 unspecified atom stereocenters. The SMILES string of the molecule is C=C1C(=O)O[C@@H]2[C@H]3C(C)=CC(=O)C3=C(CO)C[C@@H](OC(=O)/C(C)=C/C)[C@@H]12. The molecule has 3 rings (SSSR count). The minimum Gasteiger partial charge on any atom is -0.458 e. The Kier molecular flexibility index (Phi) is 4.71. The molecule has 1 heterocycles. The largest absolute Gasteiger partial charge is 0.458 e. The summed E-state index contributed by atoms with van der Waals surface area (Å²) in [6.07, 6.45) is 1.91. The number of fused-ring (bicyclic) bond motifs is 3. The predicted octanol–water partition coefficient (Wildman–Crippen LogP) is 1.80. The highest BCUT2D eigenvalue weighted by Crippen LogP contribution is 2.48. The van der Waals surface area contributed by atoms with E-state index in [0.717, 1.165) is 5.57 Å². The van der Waals surface area contributed by atoms with Gasteiger partial charge < -0.3 is 14.6 Å². The van der Waals surface area contributed by atoms with Gasteiger partial charge in [0.1, 0.15) is 12.2 Å². The molecule has 0 bridgehead atoms. The van der Waals surface area contributed by atoms with E-state index < -0.39 is 36.0 Å². The Morgan fingerprint density at radius 1 is 1.46 bits per heavy atom. The molecule has 1 fully saturated rings. The number of rotatable bonds is 3. The number of hydrogen-bond acceptors (Lipinski definition) is 6. The van der Waals surface area contributed by atoms with Crippen LogP contribution in [0.15, 0.2) is 46.6 Å². The zero-order valence-corrected chi connectivity index (χ0v) is 15.1. The van der Waals surface area contributed by atoms with Crippen LogP contribution in [-0.2, 0) is 23.9 Å². The lowest BCUT2D eigenvalue weighted by Crippen LogP contribution is -2.36. The van der Waals surface area contributed by atoms with Crippen LogP contribution in [0, 0.1) is 11.8 Å². The Balaban J connectivity index is 2.07. The van der Waals surface area contributed by atoms with Crippen LogP contribution in [0.2, 0.25) is 0 Å². The van der Waals surface area contributed by atoms with Gasteiger partial charge in [-0.05, 0) is 32.4 Å². The summed E-state index contributed by atoms with van der Waals surface area (Å²) in [5, 5.41) is 9.84. The zero-order valence-electron chi connectivity index (χ0n) is 15.1. The Morgan fingerprint density at radius 3 is 2.77 bits per heavy atom. The van der Waals surface area contributed by atoms with E-state index in [-0.39, 0.29) is 24.4 Å². The number of carbonyl (C=O) groups excluding carboxylic acids is 3. The topological polar surface area (TPSA) is 89.9 Å². The first kappa shape index (κ1) is 18.3. The van der Waals surface area contributed by atoms with Crippen LogP contribution in [0.1, 0.15) is 27.2 Å². The fourth-order valence-corrected chi connectivity index (χ4v) is 3.98. The van der Waals surface area contributed by atoms with Gasteiger partial charge in [0.05, 0.1) is 12.5 Å². The average molecular weight is 358 g/mol. The van der Waals surface area contributed by atoms with E-state index in [0.29, 0.717) is 16.7 Å². The first-order chi connectivity index (χ1) is 12.3. The smallest absolute Gasteiger partial charge is 0.334 e. The van der Waals surface area contributed by atoms with Crippen molar-refractivity contribution in [2.45, 2.75) is 39.4 Å². The fraction of sp³-hybridized carbons (Fsp3) is 0.450.